The molecule has 10 heteroatoms. The Hall–Kier alpha value is -3.72. The van der Waals surface area contributed by atoms with Crippen LogP contribution in [0.3, 0.4) is 0 Å². The first-order chi connectivity index (χ1) is 15.4. The molecule has 166 valence electrons. The number of ether oxygens (including phenoxy) is 4. The molecule has 0 saturated heterocycles. The SMILES string of the molecule is COc1ccc(COc2cc(-n3c(=O)[nH]c4c(OC)nc(C)nc43)c(Cl)cc2OC)cc1. The van der Waals surface area contributed by atoms with E-state index in [0.717, 1.165) is 11.3 Å². The first-order valence-corrected chi connectivity index (χ1v) is 10.00. The van der Waals surface area contributed by atoms with E-state index in [4.69, 9.17) is 30.5 Å². The Morgan fingerprint density at radius 3 is 2.41 bits per heavy atom. The van der Waals surface area contributed by atoms with E-state index in [0.29, 0.717) is 34.2 Å². The van der Waals surface area contributed by atoms with Gasteiger partial charge in [0.25, 0.3) is 0 Å². The van der Waals surface area contributed by atoms with Crippen molar-refractivity contribution in [3.05, 3.63) is 63.3 Å². The van der Waals surface area contributed by atoms with Crippen LogP contribution in [0, 0.1) is 6.92 Å². The zero-order chi connectivity index (χ0) is 22.8. The van der Waals surface area contributed by atoms with Gasteiger partial charge in [0.1, 0.15) is 23.7 Å². The van der Waals surface area contributed by atoms with Crippen molar-refractivity contribution < 1.29 is 18.9 Å². The zero-order valence-corrected chi connectivity index (χ0v) is 18.7. The number of nitrogens with one attached hydrogen (secondary N) is 1. The third-order valence-electron chi connectivity index (χ3n) is 4.84. The summed E-state index contributed by atoms with van der Waals surface area (Å²) in [5.74, 6) is 2.32. The van der Waals surface area contributed by atoms with Gasteiger partial charge in [0.15, 0.2) is 17.1 Å². The maximum atomic E-state index is 12.8. The summed E-state index contributed by atoms with van der Waals surface area (Å²) in [4.78, 5) is 24.2. The fraction of sp³-hybridized carbons (Fsp3) is 0.227. The summed E-state index contributed by atoms with van der Waals surface area (Å²) in [6.45, 7) is 1.99. The van der Waals surface area contributed by atoms with Crippen LogP contribution in [-0.2, 0) is 6.61 Å². The molecule has 0 aliphatic carbocycles. The lowest BCUT2D eigenvalue weighted by Crippen LogP contribution is -2.16. The van der Waals surface area contributed by atoms with Crippen LogP contribution in [0.15, 0.2) is 41.2 Å². The van der Waals surface area contributed by atoms with Crippen molar-refractivity contribution in [1.82, 2.24) is 19.5 Å². The van der Waals surface area contributed by atoms with Gasteiger partial charge < -0.3 is 18.9 Å². The molecule has 0 atom stereocenters. The number of benzene rings is 2. The molecule has 1 N–H and O–H groups in total. The van der Waals surface area contributed by atoms with Crippen LogP contribution < -0.4 is 24.6 Å². The summed E-state index contributed by atoms with van der Waals surface area (Å²) >= 11 is 6.51. The Labute approximate surface area is 188 Å². The molecule has 0 aliphatic heterocycles. The summed E-state index contributed by atoms with van der Waals surface area (Å²) in [5.41, 5.74) is 1.59. The monoisotopic (exact) mass is 456 g/mol. The smallest absolute Gasteiger partial charge is 0.332 e. The Bertz CT molecular complexity index is 1330. The number of hydrogen-bond donors (Lipinski definition) is 1. The second-order valence-corrected chi connectivity index (χ2v) is 7.24. The third kappa shape index (κ3) is 3.94. The van der Waals surface area contributed by atoms with Crippen LogP contribution in [-0.4, -0.2) is 40.8 Å². The van der Waals surface area contributed by atoms with E-state index >= 15 is 0 Å². The molecule has 0 saturated carbocycles. The molecule has 4 rings (SSSR count). The molecule has 0 spiro atoms. The molecule has 2 heterocycles. The van der Waals surface area contributed by atoms with Gasteiger partial charge in [-0.1, -0.05) is 23.7 Å². The molecule has 0 fully saturated rings. The van der Waals surface area contributed by atoms with Crippen LogP contribution in [0.4, 0.5) is 0 Å². The molecule has 0 aliphatic rings. The molecule has 0 unspecified atom stereocenters. The first-order valence-electron chi connectivity index (χ1n) is 9.62. The Morgan fingerprint density at radius 1 is 1.00 bits per heavy atom. The van der Waals surface area contributed by atoms with Crippen LogP contribution >= 0.6 is 11.6 Å². The summed E-state index contributed by atoms with van der Waals surface area (Å²) in [6, 6.07) is 10.7. The minimum absolute atomic E-state index is 0.268. The quantitative estimate of drug-likeness (QED) is 0.452. The number of aromatic amines is 1. The van der Waals surface area contributed by atoms with Gasteiger partial charge in [-0.15, -0.1) is 0 Å². The Balaban J connectivity index is 1.78. The predicted octanol–water partition coefficient (Wildman–Crippen LogP) is 3.68. The summed E-state index contributed by atoms with van der Waals surface area (Å²) in [5, 5.41) is 0.289. The van der Waals surface area contributed by atoms with Gasteiger partial charge in [-0.05, 0) is 24.6 Å². The van der Waals surface area contributed by atoms with Crippen LogP contribution in [0.25, 0.3) is 16.9 Å². The normalized spacial score (nSPS) is 10.9. The van der Waals surface area contributed by atoms with E-state index in [1.807, 2.05) is 24.3 Å². The number of fused-ring (bicyclic) bond motifs is 1. The van der Waals surface area contributed by atoms with Gasteiger partial charge in [-0.25, -0.2) is 14.3 Å². The standard InChI is InChI=1S/C22H21ClN4O5/c1-12-24-20-19(21(25-12)31-4)26-22(28)27(20)16-10-18(17(30-3)9-15(16)23)32-11-13-5-7-14(29-2)8-6-13/h5-10H,11H2,1-4H3,(H,26,28). The van der Waals surface area contributed by atoms with Crippen molar-refractivity contribution in [2.45, 2.75) is 13.5 Å². The zero-order valence-electron chi connectivity index (χ0n) is 17.9. The number of hydrogen-bond acceptors (Lipinski definition) is 7. The van der Waals surface area contributed by atoms with E-state index in [2.05, 4.69) is 15.0 Å². The Kier molecular flexibility index (Phi) is 5.91. The lowest BCUT2D eigenvalue weighted by molar-refractivity contribution is 0.284. The predicted molar refractivity (Wildman–Crippen MR) is 120 cm³/mol. The average Bonchev–Trinajstić information content (AvgIpc) is 3.13. The van der Waals surface area contributed by atoms with Crippen LogP contribution in [0.1, 0.15) is 11.4 Å². The number of rotatable bonds is 7. The van der Waals surface area contributed by atoms with E-state index in [1.54, 1.807) is 26.2 Å². The highest BCUT2D eigenvalue weighted by atomic mass is 35.5. The van der Waals surface area contributed by atoms with Crippen molar-refractivity contribution in [2.75, 3.05) is 21.3 Å². The molecular weight excluding hydrogens is 436 g/mol. The lowest BCUT2D eigenvalue weighted by atomic mass is 10.2. The lowest BCUT2D eigenvalue weighted by Gasteiger charge is -2.14. The summed E-state index contributed by atoms with van der Waals surface area (Å²) in [7, 11) is 4.60. The minimum Gasteiger partial charge on any atom is -0.497 e. The van der Waals surface area contributed by atoms with Gasteiger partial charge in [0, 0.05) is 12.1 Å². The topological polar surface area (TPSA) is 100 Å². The summed E-state index contributed by atoms with van der Waals surface area (Å²) < 4.78 is 23.2. The fourth-order valence-corrected chi connectivity index (χ4v) is 3.52. The average molecular weight is 457 g/mol. The van der Waals surface area contributed by atoms with E-state index in [1.165, 1.54) is 18.8 Å². The number of H-pyrrole nitrogens is 1. The first kappa shape index (κ1) is 21.5. The number of aromatic nitrogens is 4. The Morgan fingerprint density at radius 2 is 1.75 bits per heavy atom. The second-order valence-electron chi connectivity index (χ2n) is 6.84. The number of methoxy groups -OCH3 is 3. The second kappa shape index (κ2) is 8.80. The number of imidazole rings is 1. The highest BCUT2D eigenvalue weighted by Gasteiger charge is 2.20. The maximum absolute atomic E-state index is 12.8. The van der Waals surface area contributed by atoms with Crippen molar-refractivity contribution in [3.8, 4) is 28.8 Å². The number of halogens is 1. The molecule has 2 aromatic carbocycles. The van der Waals surface area contributed by atoms with Gasteiger partial charge in [-0.3, -0.25) is 4.98 Å². The maximum Gasteiger partial charge on any atom is 0.332 e. The molecule has 0 bridgehead atoms. The molecule has 4 aromatic rings. The van der Waals surface area contributed by atoms with Gasteiger partial charge in [0.2, 0.25) is 5.88 Å². The minimum atomic E-state index is -0.439. The molecule has 9 nitrogen and oxygen atoms in total. The van der Waals surface area contributed by atoms with E-state index < -0.39 is 5.69 Å². The van der Waals surface area contributed by atoms with E-state index in [-0.39, 0.29) is 17.5 Å². The van der Waals surface area contributed by atoms with Crippen molar-refractivity contribution >= 4 is 22.8 Å². The molecule has 2 aromatic heterocycles. The highest BCUT2D eigenvalue weighted by molar-refractivity contribution is 6.32. The summed E-state index contributed by atoms with van der Waals surface area (Å²) in [6.07, 6.45) is 0. The molecule has 0 amide bonds. The van der Waals surface area contributed by atoms with Crippen molar-refractivity contribution in [2.24, 2.45) is 0 Å². The van der Waals surface area contributed by atoms with Crippen molar-refractivity contribution in [1.29, 1.82) is 0 Å². The largest absolute Gasteiger partial charge is 0.497 e. The van der Waals surface area contributed by atoms with E-state index in [9.17, 15) is 4.79 Å². The third-order valence-corrected chi connectivity index (χ3v) is 5.14. The van der Waals surface area contributed by atoms with Gasteiger partial charge in [-0.2, -0.15) is 4.98 Å². The highest BCUT2D eigenvalue weighted by Crippen LogP contribution is 2.36. The molecule has 32 heavy (non-hydrogen) atoms. The van der Waals surface area contributed by atoms with Crippen LogP contribution in [0.2, 0.25) is 5.02 Å². The van der Waals surface area contributed by atoms with Gasteiger partial charge in [0.05, 0.1) is 32.0 Å². The van der Waals surface area contributed by atoms with Gasteiger partial charge >= 0.3 is 5.69 Å². The number of aryl methyl sites for hydroxylation is 1. The molecular formula is C22H21ClN4O5. The number of nitrogens with zero attached hydrogens (tertiary/aromatic N) is 3. The van der Waals surface area contributed by atoms with Crippen molar-refractivity contribution in [3.63, 3.8) is 0 Å². The van der Waals surface area contributed by atoms with Crippen LogP contribution in [0.5, 0.6) is 23.1 Å². The molecule has 0 radical (unpaired) electrons. The fourth-order valence-electron chi connectivity index (χ4n) is 3.28.